The van der Waals surface area contributed by atoms with Gasteiger partial charge in [-0.15, -0.1) is 0 Å². The lowest BCUT2D eigenvalue weighted by Gasteiger charge is -2.15. The quantitative estimate of drug-likeness (QED) is 0.718. The molecule has 0 aromatic heterocycles. The first kappa shape index (κ1) is 13.3. The molecular formula is C17H13BrFN. The molecule has 3 aromatic carbocycles. The topological polar surface area (TPSA) is 26.0 Å². The lowest BCUT2D eigenvalue weighted by Crippen LogP contribution is -2.12. The normalized spacial score (nSPS) is 12.6. The van der Waals surface area contributed by atoms with Crippen molar-refractivity contribution in [1.29, 1.82) is 0 Å². The summed E-state index contributed by atoms with van der Waals surface area (Å²) in [5.74, 6) is -0.279. The molecule has 0 radical (unpaired) electrons. The number of hydrogen-bond acceptors (Lipinski definition) is 1. The number of fused-ring (bicyclic) bond motifs is 1. The minimum absolute atomic E-state index is 0.279. The molecule has 0 spiro atoms. The zero-order chi connectivity index (χ0) is 14.1. The van der Waals surface area contributed by atoms with E-state index in [0.717, 1.165) is 21.9 Å². The second-order valence-corrected chi connectivity index (χ2v) is 5.57. The van der Waals surface area contributed by atoms with Gasteiger partial charge in [-0.1, -0.05) is 48.5 Å². The average Bonchev–Trinajstić information content (AvgIpc) is 2.49. The van der Waals surface area contributed by atoms with Gasteiger partial charge in [0.05, 0.1) is 10.5 Å². The molecule has 0 heterocycles. The van der Waals surface area contributed by atoms with Gasteiger partial charge in [0.1, 0.15) is 5.82 Å². The maximum atomic E-state index is 13.3. The van der Waals surface area contributed by atoms with Crippen LogP contribution in [0.5, 0.6) is 0 Å². The van der Waals surface area contributed by atoms with Crippen LogP contribution in [-0.4, -0.2) is 0 Å². The molecule has 3 heteroatoms. The molecule has 0 saturated carbocycles. The van der Waals surface area contributed by atoms with Gasteiger partial charge in [-0.3, -0.25) is 0 Å². The molecule has 0 amide bonds. The summed E-state index contributed by atoms with van der Waals surface area (Å²) in [5, 5.41) is 2.28. The number of hydrogen-bond donors (Lipinski definition) is 1. The van der Waals surface area contributed by atoms with Crippen LogP contribution in [0.2, 0.25) is 0 Å². The van der Waals surface area contributed by atoms with E-state index in [1.165, 1.54) is 6.07 Å². The molecule has 0 bridgehead atoms. The fourth-order valence-electron chi connectivity index (χ4n) is 2.41. The van der Waals surface area contributed by atoms with E-state index in [-0.39, 0.29) is 11.9 Å². The van der Waals surface area contributed by atoms with E-state index in [1.54, 1.807) is 12.1 Å². The minimum Gasteiger partial charge on any atom is -0.320 e. The molecule has 0 saturated heterocycles. The van der Waals surface area contributed by atoms with Crippen molar-refractivity contribution in [3.05, 3.63) is 82.1 Å². The van der Waals surface area contributed by atoms with E-state index >= 15 is 0 Å². The van der Waals surface area contributed by atoms with Gasteiger partial charge in [0.2, 0.25) is 0 Å². The summed E-state index contributed by atoms with van der Waals surface area (Å²) in [6.07, 6.45) is 0. The minimum atomic E-state index is -0.280. The van der Waals surface area contributed by atoms with Crippen LogP contribution >= 0.6 is 15.9 Å². The van der Waals surface area contributed by atoms with Crippen LogP contribution in [-0.2, 0) is 0 Å². The Morgan fingerprint density at radius 1 is 0.950 bits per heavy atom. The Kier molecular flexibility index (Phi) is 3.55. The molecule has 0 fully saturated rings. The summed E-state index contributed by atoms with van der Waals surface area (Å²) < 4.78 is 13.8. The zero-order valence-corrected chi connectivity index (χ0v) is 12.3. The van der Waals surface area contributed by atoms with Crippen LogP contribution < -0.4 is 5.73 Å². The van der Waals surface area contributed by atoms with Gasteiger partial charge in [-0.05, 0) is 50.0 Å². The monoisotopic (exact) mass is 329 g/mol. The summed E-state index contributed by atoms with van der Waals surface area (Å²) in [6, 6.07) is 18.8. The first-order chi connectivity index (χ1) is 9.66. The van der Waals surface area contributed by atoms with Crippen molar-refractivity contribution in [3.8, 4) is 0 Å². The Balaban J connectivity index is 2.12. The zero-order valence-electron chi connectivity index (χ0n) is 10.7. The Labute approximate surface area is 125 Å². The molecule has 20 heavy (non-hydrogen) atoms. The highest BCUT2D eigenvalue weighted by atomic mass is 79.9. The van der Waals surface area contributed by atoms with Crippen LogP contribution in [0, 0.1) is 5.82 Å². The van der Waals surface area contributed by atoms with Crippen molar-refractivity contribution in [2.75, 3.05) is 0 Å². The van der Waals surface area contributed by atoms with Crippen LogP contribution in [0.3, 0.4) is 0 Å². The number of rotatable bonds is 2. The van der Waals surface area contributed by atoms with Crippen molar-refractivity contribution in [1.82, 2.24) is 0 Å². The number of halogens is 2. The van der Waals surface area contributed by atoms with Crippen LogP contribution in [0.15, 0.2) is 65.1 Å². The third-order valence-electron chi connectivity index (χ3n) is 3.46. The second kappa shape index (κ2) is 5.35. The van der Waals surface area contributed by atoms with Crippen molar-refractivity contribution >= 4 is 26.7 Å². The smallest absolute Gasteiger partial charge is 0.137 e. The predicted octanol–water partition coefficient (Wildman–Crippen LogP) is 4.79. The molecule has 1 unspecified atom stereocenters. The van der Waals surface area contributed by atoms with Gasteiger partial charge in [0, 0.05) is 0 Å². The van der Waals surface area contributed by atoms with Crippen molar-refractivity contribution in [3.63, 3.8) is 0 Å². The maximum absolute atomic E-state index is 13.3. The molecule has 1 atom stereocenters. The van der Waals surface area contributed by atoms with Gasteiger partial charge >= 0.3 is 0 Å². The first-order valence-corrected chi connectivity index (χ1v) is 7.14. The van der Waals surface area contributed by atoms with Gasteiger partial charge in [0.25, 0.3) is 0 Å². The molecule has 1 nitrogen and oxygen atoms in total. The van der Waals surface area contributed by atoms with Crippen LogP contribution in [0.4, 0.5) is 4.39 Å². The second-order valence-electron chi connectivity index (χ2n) is 4.72. The van der Waals surface area contributed by atoms with Gasteiger partial charge in [-0.25, -0.2) is 4.39 Å². The molecule has 0 aliphatic carbocycles. The Morgan fingerprint density at radius 2 is 1.70 bits per heavy atom. The van der Waals surface area contributed by atoms with E-state index in [0.29, 0.717) is 4.47 Å². The van der Waals surface area contributed by atoms with Crippen molar-refractivity contribution < 1.29 is 4.39 Å². The van der Waals surface area contributed by atoms with Gasteiger partial charge < -0.3 is 5.73 Å². The Bertz CT molecular complexity index is 765. The summed E-state index contributed by atoms with van der Waals surface area (Å²) in [5.41, 5.74) is 8.29. The predicted molar refractivity (Wildman–Crippen MR) is 84.1 cm³/mol. The lowest BCUT2D eigenvalue weighted by atomic mass is 9.94. The largest absolute Gasteiger partial charge is 0.320 e. The molecule has 100 valence electrons. The van der Waals surface area contributed by atoms with Crippen molar-refractivity contribution in [2.24, 2.45) is 5.73 Å². The van der Waals surface area contributed by atoms with Crippen LogP contribution in [0.1, 0.15) is 17.2 Å². The number of nitrogens with two attached hydrogens (primary N) is 1. The molecule has 0 aliphatic rings. The van der Waals surface area contributed by atoms with Crippen LogP contribution in [0.25, 0.3) is 10.8 Å². The Hall–Kier alpha value is -1.71. The standard InChI is InChI=1S/C17H13BrFN/c18-15-10-12(8-9-16(15)19)17(20)14-7-3-5-11-4-1-2-6-13(11)14/h1-10,17H,20H2. The SMILES string of the molecule is NC(c1ccc(F)c(Br)c1)c1cccc2ccccc12. The maximum Gasteiger partial charge on any atom is 0.137 e. The fraction of sp³-hybridized carbons (Fsp3) is 0.0588. The molecule has 2 N–H and O–H groups in total. The first-order valence-electron chi connectivity index (χ1n) is 6.35. The highest BCUT2D eigenvalue weighted by Crippen LogP contribution is 2.29. The average molecular weight is 330 g/mol. The van der Waals surface area contributed by atoms with Gasteiger partial charge in [-0.2, -0.15) is 0 Å². The molecule has 3 aromatic rings. The fourth-order valence-corrected chi connectivity index (χ4v) is 2.80. The summed E-state index contributed by atoms with van der Waals surface area (Å²) in [6.45, 7) is 0. The van der Waals surface area contributed by atoms with Crippen molar-refractivity contribution in [2.45, 2.75) is 6.04 Å². The highest BCUT2D eigenvalue weighted by Gasteiger charge is 2.13. The molecule has 3 rings (SSSR count). The van der Waals surface area contributed by atoms with E-state index in [9.17, 15) is 4.39 Å². The third kappa shape index (κ3) is 2.35. The Morgan fingerprint density at radius 3 is 2.50 bits per heavy atom. The highest BCUT2D eigenvalue weighted by molar-refractivity contribution is 9.10. The number of benzene rings is 3. The lowest BCUT2D eigenvalue weighted by molar-refractivity contribution is 0.619. The summed E-state index contributed by atoms with van der Waals surface area (Å²) >= 11 is 3.21. The van der Waals surface area contributed by atoms with E-state index in [1.807, 2.05) is 24.3 Å². The van der Waals surface area contributed by atoms with E-state index in [4.69, 9.17) is 5.73 Å². The molecule has 0 aliphatic heterocycles. The van der Waals surface area contributed by atoms with E-state index < -0.39 is 0 Å². The molecular weight excluding hydrogens is 317 g/mol. The summed E-state index contributed by atoms with van der Waals surface area (Å²) in [7, 11) is 0. The summed E-state index contributed by atoms with van der Waals surface area (Å²) in [4.78, 5) is 0. The van der Waals surface area contributed by atoms with Gasteiger partial charge in [0.15, 0.2) is 0 Å². The third-order valence-corrected chi connectivity index (χ3v) is 4.07. The van der Waals surface area contributed by atoms with E-state index in [2.05, 4.69) is 34.1 Å².